The van der Waals surface area contributed by atoms with E-state index in [0.717, 1.165) is 0 Å². The summed E-state index contributed by atoms with van der Waals surface area (Å²) >= 11 is 0. The fourth-order valence-corrected chi connectivity index (χ4v) is 5.58. The molecule has 4 rings (SSSR count). The van der Waals surface area contributed by atoms with Gasteiger partial charge in [0.25, 0.3) is 5.91 Å². The van der Waals surface area contributed by atoms with Crippen LogP contribution in [-0.2, 0) is 16.9 Å². The molecule has 8 nitrogen and oxygen atoms in total. The molecule has 0 atom stereocenters. The summed E-state index contributed by atoms with van der Waals surface area (Å²) in [6, 6.07) is 11.6. The zero-order chi connectivity index (χ0) is 22.9. The van der Waals surface area contributed by atoms with Gasteiger partial charge in [-0.15, -0.1) is 10.2 Å². The molecule has 0 spiro atoms. The molecule has 2 aromatic carbocycles. The first-order valence-corrected chi connectivity index (χ1v) is 11.6. The molecule has 1 aliphatic heterocycles. The lowest BCUT2D eigenvalue weighted by Gasteiger charge is -2.31. The number of halogens is 1. The Morgan fingerprint density at radius 3 is 2.22 bits per heavy atom. The van der Waals surface area contributed by atoms with Crippen LogP contribution in [0.2, 0.25) is 0 Å². The number of hydrogen-bond acceptors (Lipinski definition) is 6. The fraction of sp³-hybridized carbons (Fsp3) is 0.273. The number of aromatic nitrogens is 3. The topological polar surface area (TPSA) is 102 Å². The summed E-state index contributed by atoms with van der Waals surface area (Å²) in [5.41, 5.74) is 0.731. The highest BCUT2D eigenvalue weighted by molar-refractivity contribution is 7.91. The van der Waals surface area contributed by atoms with Gasteiger partial charge in [-0.05, 0) is 43.2 Å². The lowest BCUT2D eigenvalue weighted by atomic mass is 9.97. The highest BCUT2D eigenvalue weighted by atomic mass is 32.2. The van der Waals surface area contributed by atoms with Crippen molar-refractivity contribution in [1.82, 2.24) is 19.7 Å². The molecular formula is C22H21FN4O4S. The summed E-state index contributed by atoms with van der Waals surface area (Å²) in [6.45, 7) is 0.472. The third kappa shape index (κ3) is 4.05. The molecule has 0 N–H and O–H groups in total. The predicted molar refractivity (Wildman–Crippen MR) is 113 cm³/mol. The van der Waals surface area contributed by atoms with E-state index in [1.807, 2.05) is 0 Å². The summed E-state index contributed by atoms with van der Waals surface area (Å²) in [4.78, 5) is 27.7. The number of hydrogen-bond donors (Lipinski definition) is 0. The van der Waals surface area contributed by atoms with E-state index in [-0.39, 0.29) is 59.5 Å². The van der Waals surface area contributed by atoms with Crippen LogP contribution in [0.3, 0.4) is 0 Å². The number of sulfone groups is 1. The zero-order valence-electron chi connectivity index (χ0n) is 17.3. The zero-order valence-corrected chi connectivity index (χ0v) is 18.1. The minimum absolute atomic E-state index is 0.0856. The highest BCUT2D eigenvalue weighted by Crippen LogP contribution is 2.25. The molecule has 32 heavy (non-hydrogen) atoms. The maximum Gasteiger partial charge on any atom is 0.254 e. The minimum Gasteiger partial charge on any atom is -0.339 e. The molecule has 0 aliphatic carbocycles. The Morgan fingerprint density at radius 1 is 1.00 bits per heavy atom. The van der Waals surface area contributed by atoms with Gasteiger partial charge in [-0.1, -0.05) is 18.2 Å². The Bertz CT molecular complexity index is 1260. The van der Waals surface area contributed by atoms with Crippen molar-refractivity contribution in [3.05, 3.63) is 77.4 Å². The number of amides is 1. The Hall–Kier alpha value is -3.40. The van der Waals surface area contributed by atoms with Crippen LogP contribution in [0.25, 0.3) is 0 Å². The predicted octanol–water partition coefficient (Wildman–Crippen LogP) is 2.26. The summed E-state index contributed by atoms with van der Waals surface area (Å²) in [5.74, 6) is -1.18. The van der Waals surface area contributed by atoms with E-state index in [4.69, 9.17) is 0 Å². The van der Waals surface area contributed by atoms with Crippen LogP contribution in [-0.4, -0.2) is 58.1 Å². The monoisotopic (exact) mass is 456 g/mol. The second-order valence-corrected chi connectivity index (χ2v) is 9.76. The van der Waals surface area contributed by atoms with Crippen molar-refractivity contribution in [2.45, 2.75) is 23.2 Å². The van der Waals surface area contributed by atoms with E-state index in [9.17, 15) is 22.4 Å². The average Bonchev–Trinajstić information content (AvgIpc) is 3.25. The van der Waals surface area contributed by atoms with Crippen LogP contribution < -0.4 is 0 Å². The van der Waals surface area contributed by atoms with E-state index in [1.54, 1.807) is 36.2 Å². The Labute approximate surface area is 184 Å². The number of rotatable bonds is 5. The molecule has 0 bridgehead atoms. The van der Waals surface area contributed by atoms with Crippen LogP contribution in [0.5, 0.6) is 0 Å². The van der Waals surface area contributed by atoms with Crippen molar-refractivity contribution < 1.29 is 22.4 Å². The minimum atomic E-state index is -3.66. The number of ketones is 1. The first-order valence-electron chi connectivity index (χ1n) is 10.1. The second-order valence-electron chi connectivity index (χ2n) is 7.64. The van der Waals surface area contributed by atoms with Gasteiger partial charge in [-0.25, -0.2) is 12.8 Å². The van der Waals surface area contributed by atoms with Crippen LogP contribution >= 0.6 is 0 Å². The molecule has 1 fully saturated rings. The number of benzene rings is 2. The first kappa shape index (κ1) is 21.8. The quantitative estimate of drug-likeness (QED) is 0.546. The lowest BCUT2D eigenvalue weighted by Crippen LogP contribution is -2.43. The first-order chi connectivity index (χ1) is 15.3. The summed E-state index contributed by atoms with van der Waals surface area (Å²) < 4.78 is 40.3. The van der Waals surface area contributed by atoms with Crippen molar-refractivity contribution in [3.8, 4) is 0 Å². The fourth-order valence-electron chi connectivity index (χ4n) is 3.84. The Balaban J connectivity index is 1.51. The van der Waals surface area contributed by atoms with Crippen molar-refractivity contribution in [2.75, 3.05) is 13.1 Å². The van der Waals surface area contributed by atoms with E-state index < -0.39 is 20.9 Å². The normalized spacial score (nSPS) is 15.0. The van der Waals surface area contributed by atoms with Crippen LogP contribution in [0.15, 0.2) is 60.0 Å². The van der Waals surface area contributed by atoms with E-state index >= 15 is 0 Å². The van der Waals surface area contributed by atoms with Gasteiger partial charge in [0.05, 0.1) is 10.8 Å². The van der Waals surface area contributed by atoms with Gasteiger partial charge in [-0.3, -0.25) is 9.59 Å². The standard InChI is InChI=1S/C22H21FN4O4S/c1-26-14-24-25-22(26)32(30,31)17-10-12-27(13-11-17)21(29)19-5-3-2-4-18(19)20(28)15-6-8-16(23)9-7-15/h2-9,14,17H,10-13H2,1H3. The van der Waals surface area contributed by atoms with Gasteiger partial charge in [0.15, 0.2) is 5.78 Å². The smallest absolute Gasteiger partial charge is 0.254 e. The largest absolute Gasteiger partial charge is 0.339 e. The van der Waals surface area contributed by atoms with E-state index in [1.165, 1.54) is 35.2 Å². The lowest BCUT2D eigenvalue weighted by molar-refractivity contribution is 0.0721. The summed E-state index contributed by atoms with van der Waals surface area (Å²) in [5, 5.41) is 6.60. The van der Waals surface area contributed by atoms with Gasteiger partial charge in [-0.2, -0.15) is 0 Å². The van der Waals surface area contributed by atoms with Gasteiger partial charge >= 0.3 is 0 Å². The van der Waals surface area contributed by atoms with Crippen LogP contribution in [0, 0.1) is 5.82 Å². The van der Waals surface area contributed by atoms with Gasteiger partial charge in [0.2, 0.25) is 15.0 Å². The van der Waals surface area contributed by atoms with Crippen molar-refractivity contribution >= 4 is 21.5 Å². The van der Waals surface area contributed by atoms with Gasteiger partial charge in [0, 0.05) is 31.3 Å². The molecule has 3 aromatic rings. The number of piperidine rings is 1. The van der Waals surface area contributed by atoms with Crippen molar-refractivity contribution in [1.29, 1.82) is 0 Å². The van der Waals surface area contributed by atoms with E-state index in [2.05, 4.69) is 10.2 Å². The maximum atomic E-state index is 13.2. The van der Waals surface area contributed by atoms with Gasteiger partial charge < -0.3 is 9.47 Å². The summed E-state index contributed by atoms with van der Waals surface area (Å²) in [6.07, 6.45) is 1.85. The molecule has 0 radical (unpaired) electrons. The van der Waals surface area contributed by atoms with Crippen molar-refractivity contribution in [3.63, 3.8) is 0 Å². The molecular weight excluding hydrogens is 435 g/mol. The summed E-state index contributed by atoms with van der Waals surface area (Å²) in [7, 11) is -2.09. The molecule has 0 saturated carbocycles. The number of carbonyl (C=O) groups is 2. The molecule has 1 amide bonds. The third-order valence-corrected chi connectivity index (χ3v) is 7.83. The number of nitrogens with zero attached hydrogens (tertiary/aromatic N) is 4. The highest BCUT2D eigenvalue weighted by Gasteiger charge is 2.36. The number of aryl methyl sites for hydroxylation is 1. The Morgan fingerprint density at radius 2 is 1.62 bits per heavy atom. The number of carbonyl (C=O) groups excluding carboxylic acids is 2. The molecule has 1 aromatic heterocycles. The molecule has 2 heterocycles. The van der Waals surface area contributed by atoms with Crippen molar-refractivity contribution in [2.24, 2.45) is 7.05 Å². The maximum absolute atomic E-state index is 13.2. The van der Waals surface area contributed by atoms with Gasteiger partial charge in [0.1, 0.15) is 12.1 Å². The average molecular weight is 456 g/mol. The molecule has 1 saturated heterocycles. The second kappa shape index (κ2) is 8.62. The molecule has 0 unspecified atom stereocenters. The van der Waals surface area contributed by atoms with Crippen LogP contribution in [0.1, 0.15) is 39.1 Å². The van der Waals surface area contributed by atoms with Crippen LogP contribution in [0.4, 0.5) is 4.39 Å². The Kier molecular flexibility index (Phi) is 5.88. The molecule has 166 valence electrons. The molecule has 1 aliphatic rings. The van der Waals surface area contributed by atoms with E-state index in [0.29, 0.717) is 0 Å². The molecule has 10 heteroatoms. The third-order valence-electron chi connectivity index (χ3n) is 5.60. The number of likely N-dealkylation sites (tertiary alicyclic amines) is 1. The SMILES string of the molecule is Cn1cnnc1S(=O)(=O)C1CCN(C(=O)c2ccccc2C(=O)c2ccc(F)cc2)CC1.